The molecule has 0 saturated heterocycles. The van der Waals surface area contributed by atoms with Crippen LogP contribution in [0.25, 0.3) is 0 Å². The Kier molecular flexibility index (Phi) is 9.35. The highest BCUT2D eigenvalue weighted by molar-refractivity contribution is 4.66. The van der Waals surface area contributed by atoms with E-state index in [1.165, 1.54) is 12.8 Å². The number of hydrogen-bond donors (Lipinski definition) is 1. The molecule has 86 valence electrons. The fourth-order valence-electron chi connectivity index (χ4n) is 1.51. The van der Waals surface area contributed by atoms with Gasteiger partial charge in [-0.05, 0) is 26.3 Å². The molecule has 1 N–H and O–H groups in total. The summed E-state index contributed by atoms with van der Waals surface area (Å²) in [6.07, 6.45) is 3.45. The molecule has 0 spiro atoms. The number of methoxy groups -OCH3 is 1. The third-order valence-electron chi connectivity index (χ3n) is 2.55. The van der Waals surface area contributed by atoms with Crippen LogP contribution < -0.4 is 0 Å². The first-order valence-electron chi connectivity index (χ1n) is 5.60. The molecular weight excluding hydrogens is 178 g/mol. The van der Waals surface area contributed by atoms with Gasteiger partial charge in [-0.15, -0.1) is 0 Å². The predicted molar refractivity (Wildman–Crippen MR) is 59.5 cm³/mol. The van der Waals surface area contributed by atoms with Crippen LogP contribution >= 0.6 is 0 Å². The van der Waals surface area contributed by atoms with E-state index in [-0.39, 0.29) is 6.61 Å². The summed E-state index contributed by atoms with van der Waals surface area (Å²) in [7, 11) is 1.73. The van der Waals surface area contributed by atoms with Crippen LogP contribution in [0.3, 0.4) is 0 Å². The lowest BCUT2D eigenvalue weighted by Gasteiger charge is -2.28. The fraction of sp³-hybridized carbons (Fsp3) is 1.00. The molecule has 0 aliphatic heterocycles. The zero-order chi connectivity index (χ0) is 10.8. The SMILES string of the molecule is CCCCN(CCO)C(C)CCOC. The third kappa shape index (κ3) is 6.35. The molecule has 0 radical (unpaired) electrons. The van der Waals surface area contributed by atoms with Crippen LogP contribution in [0.15, 0.2) is 0 Å². The Labute approximate surface area is 88.1 Å². The average Bonchev–Trinajstić information content (AvgIpc) is 2.20. The number of hydrogen-bond acceptors (Lipinski definition) is 3. The normalized spacial score (nSPS) is 13.5. The van der Waals surface area contributed by atoms with E-state index in [4.69, 9.17) is 9.84 Å². The summed E-state index contributed by atoms with van der Waals surface area (Å²) in [6, 6.07) is 0.508. The summed E-state index contributed by atoms with van der Waals surface area (Å²) < 4.78 is 5.06. The molecule has 0 aliphatic rings. The predicted octanol–water partition coefficient (Wildman–Crippen LogP) is 1.51. The van der Waals surface area contributed by atoms with E-state index < -0.39 is 0 Å². The molecule has 0 amide bonds. The van der Waals surface area contributed by atoms with Gasteiger partial charge in [-0.3, -0.25) is 4.90 Å². The monoisotopic (exact) mass is 203 g/mol. The highest BCUT2D eigenvalue weighted by Crippen LogP contribution is 2.05. The number of rotatable bonds is 9. The molecular formula is C11H25NO2. The van der Waals surface area contributed by atoms with Gasteiger partial charge in [-0.25, -0.2) is 0 Å². The van der Waals surface area contributed by atoms with Gasteiger partial charge in [-0.1, -0.05) is 13.3 Å². The second kappa shape index (κ2) is 9.44. The van der Waals surface area contributed by atoms with Crippen molar-refractivity contribution in [3.05, 3.63) is 0 Å². The highest BCUT2D eigenvalue weighted by Gasteiger charge is 2.11. The lowest BCUT2D eigenvalue weighted by atomic mass is 10.2. The number of unbranched alkanes of at least 4 members (excludes halogenated alkanes) is 1. The molecule has 0 bridgehead atoms. The maximum atomic E-state index is 8.94. The zero-order valence-corrected chi connectivity index (χ0v) is 9.83. The van der Waals surface area contributed by atoms with Crippen molar-refractivity contribution in [2.45, 2.75) is 39.2 Å². The van der Waals surface area contributed by atoms with Crippen molar-refractivity contribution in [2.75, 3.05) is 33.4 Å². The van der Waals surface area contributed by atoms with E-state index in [1.54, 1.807) is 7.11 Å². The molecule has 0 aromatic rings. The minimum absolute atomic E-state index is 0.251. The van der Waals surface area contributed by atoms with Crippen molar-refractivity contribution < 1.29 is 9.84 Å². The van der Waals surface area contributed by atoms with Crippen molar-refractivity contribution in [3.63, 3.8) is 0 Å². The van der Waals surface area contributed by atoms with Crippen LogP contribution in [-0.2, 0) is 4.74 Å². The van der Waals surface area contributed by atoms with E-state index >= 15 is 0 Å². The Morgan fingerprint density at radius 2 is 2.07 bits per heavy atom. The second-order valence-electron chi connectivity index (χ2n) is 3.74. The molecule has 0 rings (SSSR count). The van der Waals surface area contributed by atoms with Gasteiger partial charge in [0.2, 0.25) is 0 Å². The largest absolute Gasteiger partial charge is 0.395 e. The number of ether oxygens (including phenoxy) is 1. The summed E-state index contributed by atoms with van der Waals surface area (Å²) in [4.78, 5) is 2.34. The number of aliphatic hydroxyl groups is 1. The molecule has 0 aromatic heterocycles. The fourth-order valence-corrected chi connectivity index (χ4v) is 1.51. The Morgan fingerprint density at radius 3 is 2.57 bits per heavy atom. The molecule has 0 aromatic carbocycles. The summed E-state index contributed by atoms with van der Waals surface area (Å²) in [5.74, 6) is 0. The van der Waals surface area contributed by atoms with E-state index in [2.05, 4.69) is 18.7 Å². The molecule has 0 heterocycles. The standard InChI is InChI=1S/C11H25NO2/c1-4-5-7-12(8-9-13)11(2)6-10-14-3/h11,13H,4-10H2,1-3H3. The van der Waals surface area contributed by atoms with Gasteiger partial charge in [0, 0.05) is 26.3 Å². The van der Waals surface area contributed by atoms with Gasteiger partial charge >= 0.3 is 0 Å². The Hall–Kier alpha value is -0.120. The van der Waals surface area contributed by atoms with Crippen molar-refractivity contribution in [1.82, 2.24) is 4.90 Å². The first kappa shape index (κ1) is 13.9. The van der Waals surface area contributed by atoms with Gasteiger partial charge in [-0.2, -0.15) is 0 Å². The van der Waals surface area contributed by atoms with Crippen LogP contribution in [0.2, 0.25) is 0 Å². The third-order valence-corrected chi connectivity index (χ3v) is 2.55. The molecule has 1 atom stereocenters. The van der Waals surface area contributed by atoms with Crippen LogP contribution in [0.5, 0.6) is 0 Å². The maximum absolute atomic E-state index is 8.94. The van der Waals surface area contributed by atoms with Crippen LogP contribution in [0.4, 0.5) is 0 Å². The first-order valence-corrected chi connectivity index (χ1v) is 5.60. The minimum atomic E-state index is 0.251. The summed E-state index contributed by atoms with van der Waals surface area (Å²) >= 11 is 0. The molecule has 3 nitrogen and oxygen atoms in total. The van der Waals surface area contributed by atoms with Crippen LogP contribution in [0, 0.1) is 0 Å². The average molecular weight is 203 g/mol. The highest BCUT2D eigenvalue weighted by atomic mass is 16.5. The number of aliphatic hydroxyl groups excluding tert-OH is 1. The lowest BCUT2D eigenvalue weighted by molar-refractivity contribution is 0.118. The molecule has 0 saturated carbocycles. The maximum Gasteiger partial charge on any atom is 0.0558 e. The topological polar surface area (TPSA) is 32.7 Å². The second-order valence-corrected chi connectivity index (χ2v) is 3.74. The van der Waals surface area contributed by atoms with Gasteiger partial charge in [0.25, 0.3) is 0 Å². The summed E-state index contributed by atoms with van der Waals surface area (Å²) in [6.45, 7) is 7.31. The Morgan fingerprint density at radius 1 is 1.36 bits per heavy atom. The van der Waals surface area contributed by atoms with E-state index in [1.807, 2.05) is 0 Å². The molecule has 14 heavy (non-hydrogen) atoms. The van der Waals surface area contributed by atoms with Crippen molar-refractivity contribution in [3.8, 4) is 0 Å². The minimum Gasteiger partial charge on any atom is -0.395 e. The molecule has 0 fully saturated rings. The Bertz CT molecular complexity index is 120. The quantitative estimate of drug-likeness (QED) is 0.616. The molecule has 1 unspecified atom stereocenters. The van der Waals surface area contributed by atoms with Crippen molar-refractivity contribution >= 4 is 0 Å². The summed E-state index contributed by atoms with van der Waals surface area (Å²) in [5.41, 5.74) is 0. The van der Waals surface area contributed by atoms with E-state index in [0.29, 0.717) is 6.04 Å². The van der Waals surface area contributed by atoms with E-state index in [9.17, 15) is 0 Å². The van der Waals surface area contributed by atoms with Crippen LogP contribution in [0.1, 0.15) is 33.1 Å². The van der Waals surface area contributed by atoms with Crippen molar-refractivity contribution in [1.29, 1.82) is 0 Å². The first-order chi connectivity index (χ1) is 6.76. The van der Waals surface area contributed by atoms with Gasteiger partial charge in [0.05, 0.1) is 6.61 Å². The van der Waals surface area contributed by atoms with E-state index in [0.717, 1.165) is 26.1 Å². The van der Waals surface area contributed by atoms with Gasteiger partial charge < -0.3 is 9.84 Å². The van der Waals surface area contributed by atoms with Gasteiger partial charge in [0.15, 0.2) is 0 Å². The van der Waals surface area contributed by atoms with Crippen LogP contribution in [-0.4, -0.2) is 49.5 Å². The number of nitrogens with zero attached hydrogens (tertiary/aromatic N) is 1. The molecule has 3 heteroatoms. The van der Waals surface area contributed by atoms with Crippen molar-refractivity contribution in [2.24, 2.45) is 0 Å². The van der Waals surface area contributed by atoms with Gasteiger partial charge in [0.1, 0.15) is 0 Å². The Balaban J connectivity index is 3.77. The molecule has 0 aliphatic carbocycles. The lowest BCUT2D eigenvalue weighted by Crippen LogP contribution is -2.36. The smallest absolute Gasteiger partial charge is 0.0558 e. The summed E-state index contributed by atoms with van der Waals surface area (Å²) in [5, 5.41) is 8.94. The zero-order valence-electron chi connectivity index (χ0n) is 9.83.